The van der Waals surface area contributed by atoms with Gasteiger partial charge in [-0.2, -0.15) is 0 Å². The Labute approximate surface area is 112 Å². The average molecular weight is 264 g/mol. The third kappa shape index (κ3) is 3.73. The Balaban J connectivity index is 1.94. The first-order chi connectivity index (χ1) is 9.22. The zero-order valence-corrected chi connectivity index (χ0v) is 11.1. The van der Waals surface area contributed by atoms with Gasteiger partial charge >= 0.3 is 0 Å². The number of nitrogen functional groups attached to an aromatic ring is 1. The van der Waals surface area contributed by atoms with Gasteiger partial charge in [0.1, 0.15) is 5.69 Å². The van der Waals surface area contributed by atoms with E-state index in [-0.39, 0.29) is 5.91 Å². The van der Waals surface area contributed by atoms with Crippen molar-refractivity contribution in [1.29, 1.82) is 0 Å². The van der Waals surface area contributed by atoms with Gasteiger partial charge in [-0.3, -0.25) is 15.1 Å². The lowest BCUT2D eigenvalue weighted by molar-refractivity contribution is 0.0385. The second-order valence-corrected chi connectivity index (χ2v) is 4.70. The molecule has 1 aliphatic heterocycles. The van der Waals surface area contributed by atoms with Crippen LogP contribution in [0.25, 0.3) is 0 Å². The zero-order valence-electron chi connectivity index (χ0n) is 11.1. The molecule has 2 heterocycles. The lowest BCUT2D eigenvalue weighted by atomic mass is 10.1. The number of hydrogen-bond donors (Lipinski definition) is 2. The summed E-state index contributed by atoms with van der Waals surface area (Å²) in [6.07, 6.45) is 2.46. The summed E-state index contributed by atoms with van der Waals surface area (Å²) in [5.41, 5.74) is 3.33. The summed E-state index contributed by atoms with van der Waals surface area (Å²) in [6.45, 7) is 2.74. The number of methoxy groups -OCH3 is 1. The molecule has 104 valence electrons. The summed E-state index contributed by atoms with van der Waals surface area (Å²) in [7, 11) is 1.76. The van der Waals surface area contributed by atoms with Gasteiger partial charge < -0.3 is 4.74 Å². The quantitative estimate of drug-likeness (QED) is 0.464. The fourth-order valence-electron chi connectivity index (χ4n) is 2.30. The van der Waals surface area contributed by atoms with Crippen LogP contribution in [0.5, 0.6) is 0 Å². The van der Waals surface area contributed by atoms with Gasteiger partial charge in [0, 0.05) is 26.7 Å². The van der Waals surface area contributed by atoms with Crippen molar-refractivity contribution in [3.8, 4) is 0 Å². The smallest absolute Gasteiger partial charge is 0.283 e. The Bertz CT molecular complexity index is 430. The van der Waals surface area contributed by atoms with E-state index in [1.807, 2.05) is 12.1 Å². The van der Waals surface area contributed by atoms with E-state index in [2.05, 4.69) is 15.3 Å². The van der Waals surface area contributed by atoms with Crippen molar-refractivity contribution in [3.05, 3.63) is 29.6 Å². The highest BCUT2D eigenvalue weighted by Crippen LogP contribution is 2.15. The summed E-state index contributed by atoms with van der Waals surface area (Å²) in [5.74, 6) is 4.74. The van der Waals surface area contributed by atoms with Gasteiger partial charge in [0.2, 0.25) is 0 Å². The highest BCUT2D eigenvalue weighted by molar-refractivity contribution is 5.91. The van der Waals surface area contributed by atoms with Crippen LogP contribution < -0.4 is 11.3 Å². The van der Waals surface area contributed by atoms with E-state index in [1.165, 1.54) is 0 Å². The average Bonchev–Trinajstić information content (AvgIpc) is 2.47. The van der Waals surface area contributed by atoms with Crippen LogP contribution >= 0.6 is 0 Å². The molecule has 1 saturated heterocycles. The van der Waals surface area contributed by atoms with E-state index < -0.39 is 0 Å². The molecule has 6 heteroatoms. The molecule has 0 aliphatic carbocycles. The number of nitrogens with two attached hydrogens (primary N) is 1. The van der Waals surface area contributed by atoms with Crippen molar-refractivity contribution in [2.45, 2.75) is 25.5 Å². The standard InChI is InChI=1S/C13H20N4O2/c1-19-11-5-7-17(8-6-11)9-10-3-2-4-12(15-10)13(18)16-14/h2-4,11H,5-9,14H2,1H3,(H,16,18). The maximum absolute atomic E-state index is 11.4. The number of nitrogens with zero attached hydrogens (tertiary/aromatic N) is 2. The van der Waals surface area contributed by atoms with E-state index in [0.29, 0.717) is 11.8 Å². The molecule has 2 rings (SSSR count). The predicted octanol–water partition coefficient (Wildman–Crippen LogP) is 0.296. The maximum atomic E-state index is 11.4. The summed E-state index contributed by atoms with van der Waals surface area (Å²) in [6, 6.07) is 5.41. The molecule has 0 spiro atoms. The Kier molecular flexibility index (Phi) is 4.84. The number of amides is 1. The fourth-order valence-corrected chi connectivity index (χ4v) is 2.30. The lowest BCUT2D eigenvalue weighted by Gasteiger charge is -2.30. The first kappa shape index (κ1) is 13.9. The number of aromatic nitrogens is 1. The summed E-state index contributed by atoms with van der Waals surface area (Å²) >= 11 is 0. The molecular formula is C13H20N4O2. The minimum atomic E-state index is -0.361. The number of likely N-dealkylation sites (tertiary alicyclic amines) is 1. The van der Waals surface area contributed by atoms with Crippen LogP contribution in [0, 0.1) is 0 Å². The summed E-state index contributed by atoms with van der Waals surface area (Å²) < 4.78 is 5.35. The Morgan fingerprint density at radius 1 is 1.53 bits per heavy atom. The number of hydrogen-bond acceptors (Lipinski definition) is 5. The predicted molar refractivity (Wildman–Crippen MR) is 71.2 cm³/mol. The van der Waals surface area contributed by atoms with Crippen LogP contribution in [0.2, 0.25) is 0 Å². The molecule has 1 aliphatic rings. The van der Waals surface area contributed by atoms with Gasteiger partial charge in [0.05, 0.1) is 11.8 Å². The van der Waals surface area contributed by atoms with Crippen molar-refractivity contribution in [2.75, 3.05) is 20.2 Å². The topological polar surface area (TPSA) is 80.5 Å². The van der Waals surface area contributed by atoms with Crippen molar-refractivity contribution in [3.63, 3.8) is 0 Å². The zero-order chi connectivity index (χ0) is 13.7. The SMILES string of the molecule is COC1CCN(Cc2cccc(C(=O)NN)n2)CC1. The van der Waals surface area contributed by atoms with E-state index in [1.54, 1.807) is 13.2 Å². The number of carbonyl (C=O) groups is 1. The molecule has 0 aromatic carbocycles. The molecule has 6 nitrogen and oxygen atoms in total. The van der Waals surface area contributed by atoms with Crippen LogP contribution in [0.3, 0.4) is 0 Å². The van der Waals surface area contributed by atoms with E-state index in [0.717, 1.165) is 38.2 Å². The molecule has 0 atom stereocenters. The first-order valence-corrected chi connectivity index (χ1v) is 6.45. The summed E-state index contributed by atoms with van der Waals surface area (Å²) in [5, 5.41) is 0. The van der Waals surface area contributed by atoms with Crippen LogP contribution in [-0.4, -0.2) is 42.1 Å². The van der Waals surface area contributed by atoms with Crippen LogP contribution in [0.1, 0.15) is 29.0 Å². The fraction of sp³-hybridized carbons (Fsp3) is 0.538. The molecule has 1 aromatic rings. The largest absolute Gasteiger partial charge is 0.381 e. The monoisotopic (exact) mass is 264 g/mol. The van der Waals surface area contributed by atoms with Gasteiger partial charge in [-0.25, -0.2) is 10.8 Å². The van der Waals surface area contributed by atoms with E-state index in [4.69, 9.17) is 10.6 Å². The molecular weight excluding hydrogens is 244 g/mol. The third-order valence-electron chi connectivity index (χ3n) is 3.42. The molecule has 1 aromatic heterocycles. The van der Waals surface area contributed by atoms with Crippen LogP contribution in [0.4, 0.5) is 0 Å². The Morgan fingerprint density at radius 3 is 2.89 bits per heavy atom. The maximum Gasteiger partial charge on any atom is 0.283 e. The summed E-state index contributed by atoms with van der Waals surface area (Å²) in [4.78, 5) is 18.0. The molecule has 0 radical (unpaired) electrons. The molecule has 19 heavy (non-hydrogen) atoms. The van der Waals surface area contributed by atoms with Gasteiger partial charge in [-0.15, -0.1) is 0 Å². The number of piperidine rings is 1. The minimum Gasteiger partial charge on any atom is -0.381 e. The van der Waals surface area contributed by atoms with E-state index in [9.17, 15) is 4.79 Å². The van der Waals surface area contributed by atoms with Gasteiger partial charge in [0.15, 0.2) is 0 Å². The van der Waals surface area contributed by atoms with Crippen molar-refractivity contribution >= 4 is 5.91 Å². The number of pyridine rings is 1. The molecule has 1 fully saturated rings. The van der Waals surface area contributed by atoms with Crippen molar-refractivity contribution in [1.82, 2.24) is 15.3 Å². The van der Waals surface area contributed by atoms with Crippen molar-refractivity contribution < 1.29 is 9.53 Å². The second kappa shape index (κ2) is 6.60. The third-order valence-corrected chi connectivity index (χ3v) is 3.42. The minimum absolute atomic E-state index is 0.353. The van der Waals surface area contributed by atoms with Crippen LogP contribution in [-0.2, 0) is 11.3 Å². The molecule has 0 unspecified atom stereocenters. The number of ether oxygens (including phenoxy) is 1. The van der Waals surface area contributed by atoms with E-state index >= 15 is 0 Å². The molecule has 0 bridgehead atoms. The highest BCUT2D eigenvalue weighted by Gasteiger charge is 2.19. The first-order valence-electron chi connectivity index (χ1n) is 6.45. The second-order valence-electron chi connectivity index (χ2n) is 4.70. The van der Waals surface area contributed by atoms with Crippen molar-refractivity contribution in [2.24, 2.45) is 5.84 Å². The molecule has 0 saturated carbocycles. The Morgan fingerprint density at radius 2 is 2.26 bits per heavy atom. The number of carbonyl (C=O) groups excluding carboxylic acids is 1. The van der Waals surface area contributed by atoms with Gasteiger partial charge in [-0.1, -0.05) is 6.07 Å². The highest BCUT2D eigenvalue weighted by atomic mass is 16.5. The molecule has 1 amide bonds. The van der Waals surface area contributed by atoms with Gasteiger partial charge in [0.25, 0.3) is 5.91 Å². The number of rotatable bonds is 4. The van der Waals surface area contributed by atoms with Crippen LogP contribution in [0.15, 0.2) is 18.2 Å². The number of hydrazine groups is 1. The lowest BCUT2D eigenvalue weighted by Crippen LogP contribution is -2.36. The molecule has 3 N–H and O–H groups in total. The Hall–Kier alpha value is -1.50. The number of nitrogens with one attached hydrogen (secondary N) is 1. The normalized spacial score (nSPS) is 17.4. The van der Waals surface area contributed by atoms with Gasteiger partial charge in [-0.05, 0) is 25.0 Å².